The third kappa shape index (κ3) is 2.68. The van der Waals surface area contributed by atoms with E-state index in [0.29, 0.717) is 23.0 Å². The van der Waals surface area contributed by atoms with Crippen molar-refractivity contribution in [2.24, 2.45) is 0 Å². The predicted octanol–water partition coefficient (Wildman–Crippen LogP) is 1.83. The van der Waals surface area contributed by atoms with E-state index in [0.717, 1.165) is 37.0 Å². The van der Waals surface area contributed by atoms with Crippen LogP contribution in [0.2, 0.25) is 0 Å². The third-order valence-electron chi connectivity index (χ3n) is 3.89. The molecule has 0 spiro atoms. The van der Waals surface area contributed by atoms with Crippen LogP contribution in [0.3, 0.4) is 0 Å². The Hall–Kier alpha value is -2.97. The molecule has 0 radical (unpaired) electrons. The fourth-order valence-electron chi connectivity index (χ4n) is 2.71. The maximum atomic E-state index is 12.3. The highest BCUT2D eigenvalue weighted by Crippen LogP contribution is 2.24. The van der Waals surface area contributed by atoms with Crippen molar-refractivity contribution in [2.45, 2.75) is 39.2 Å². The molecule has 3 aromatic rings. The zero-order valence-corrected chi connectivity index (χ0v) is 13.0. The number of rotatable bonds is 4. The van der Waals surface area contributed by atoms with Gasteiger partial charge < -0.3 is 18.9 Å². The Morgan fingerprint density at radius 3 is 2.88 bits per heavy atom. The second kappa shape index (κ2) is 5.91. The number of carbonyl (C=O) groups excluding carboxylic acids is 1. The minimum Gasteiger partial charge on any atom is -0.361 e. The number of amides is 1. The lowest BCUT2D eigenvalue weighted by Gasteiger charge is -2.08. The monoisotopic (exact) mass is 329 g/mol. The van der Waals surface area contributed by atoms with Crippen LogP contribution in [0.5, 0.6) is 0 Å². The van der Waals surface area contributed by atoms with E-state index in [4.69, 9.17) is 13.6 Å². The molecule has 3 heterocycles. The molecule has 9 heteroatoms. The summed E-state index contributed by atoms with van der Waals surface area (Å²) in [5, 5.41) is 14.2. The van der Waals surface area contributed by atoms with Gasteiger partial charge in [-0.1, -0.05) is 15.5 Å². The Bertz CT molecular complexity index is 878. The standard InChI is InChI=1S/C15H15N5O4/c1-8-6-10(18-22-8)14-17-12(24-20-14)7-16-15(21)13-9-4-2-3-5-11(9)23-19-13/h6H,2-5,7H2,1H3,(H,16,21). The Morgan fingerprint density at radius 2 is 2.04 bits per heavy atom. The highest BCUT2D eigenvalue weighted by Gasteiger charge is 2.24. The van der Waals surface area contributed by atoms with Crippen molar-refractivity contribution >= 4 is 5.91 Å². The van der Waals surface area contributed by atoms with Crippen molar-refractivity contribution in [2.75, 3.05) is 0 Å². The van der Waals surface area contributed by atoms with Crippen LogP contribution in [-0.2, 0) is 19.4 Å². The summed E-state index contributed by atoms with van der Waals surface area (Å²) in [6, 6.07) is 1.70. The number of aryl methyl sites for hydroxylation is 2. The van der Waals surface area contributed by atoms with Crippen molar-refractivity contribution in [3.8, 4) is 11.5 Å². The van der Waals surface area contributed by atoms with Crippen LogP contribution >= 0.6 is 0 Å². The Kier molecular flexibility index (Phi) is 3.60. The van der Waals surface area contributed by atoms with Crippen LogP contribution in [0.1, 0.15) is 46.3 Å². The number of nitrogens with zero attached hydrogens (tertiary/aromatic N) is 4. The molecule has 124 valence electrons. The molecule has 9 nitrogen and oxygen atoms in total. The van der Waals surface area contributed by atoms with E-state index in [1.165, 1.54) is 0 Å². The number of hydrogen-bond donors (Lipinski definition) is 1. The van der Waals surface area contributed by atoms with E-state index in [2.05, 4.69) is 25.8 Å². The number of aromatic nitrogens is 4. The van der Waals surface area contributed by atoms with Gasteiger partial charge in [0.05, 0.1) is 6.54 Å². The average Bonchev–Trinajstić information content (AvgIpc) is 3.31. The van der Waals surface area contributed by atoms with E-state index in [9.17, 15) is 4.79 Å². The molecular weight excluding hydrogens is 314 g/mol. The molecule has 0 aliphatic heterocycles. The molecule has 0 bridgehead atoms. The largest absolute Gasteiger partial charge is 0.361 e. The molecule has 0 aromatic carbocycles. The smallest absolute Gasteiger partial charge is 0.274 e. The molecule has 0 saturated heterocycles. The van der Waals surface area contributed by atoms with Crippen molar-refractivity contribution in [3.05, 3.63) is 34.7 Å². The zero-order chi connectivity index (χ0) is 16.5. The summed E-state index contributed by atoms with van der Waals surface area (Å²) in [6.07, 6.45) is 3.76. The van der Waals surface area contributed by atoms with Crippen molar-refractivity contribution in [1.29, 1.82) is 0 Å². The fourth-order valence-corrected chi connectivity index (χ4v) is 2.71. The molecule has 1 amide bonds. The maximum Gasteiger partial charge on any atom is 0.274 e. The highest BCUT2D eigenvalue weighted by atomic mass is 16.5. The van der Waals surface area contributed by atoms with Crippen molar-refractivity contribution < 1.29 is 18.4 Å². The summed E-state index contributed by atoms with van der Waals surface area (Å²) in [7, 11) is 0. The van der Waals surface area contributed by atoms with Gasteiger partial charge in [-0.2, -0.15) is 4.98 Å². The summed E-state index contributed by atoms with van der Waals surface area (Å²) < 4.78 is 15.3. The number of carbonyl (C=O) groups is 1. The molecular formula is C15H15N5O4. The lowest BCUT2D eigenvalue weighted by atomic mass is 9.96. The summed E-state index contributed by atoms with van der Waals surface area (Å²) in [5.74, 6) is 1.75. The van der Waals surface area contributed by atoms with Gasteiger partial charge in [0.1, 0.15) is 11.5 Å². The van der Waals surface area contributed by atoms with Crippen molar-refractivity contribution in [1.82, 2.24) is 25.8 Å². The molecule has 24 heavy (non-hydrogen) atoms. The van der Waals surface area contributed by atoms with E-state index in [1.807, 2.05) is 0 Å². The van der Waals surface area contributed by atoms with E-state index in [-0.39, 0.29) is 18.3 Å². The fraction of sp³-hybridized carbons (Fsp3) is 0.400. The minimum absolute atomic E-state index is 0.101. The molecule has 1 aliphatic rings. The van der Waals surface area contributed by atoms with Crippen LogP contribution in [0, 0.1) is 6.92 Å². The molecule has 0 atom stereocenters. The molecule has 0 saturated carbocycles. The summed E-state index contributed by atoms with van der Waals surface area (Å²) in [6.45, 7) is 1.88. The Morgan fingerprint density at radius 1 is 1.17 bits per heavy atom. The van der Waals surface area contributed by atoms with Crippen LogP contribution < -0.4 is 5.32 Å². The van der Waals surface area contributed by atoms with Gasteiger partial charge in [0.15, 0.2) is 11.4 Å². The van der Waals surface area contributed by atoms with Gasteiger partial charge in [-0.3, -0.25) is 4.79 Å². The summed E-state index contributed by atoms with van der Waals surface area (Å²) >= 11 is 0. The van der Waals surface area contributed by atoms with Gasteiger partial charge >= 0.3 is 0 Å². The van der Waals surface area contributed by atoms with Gasteiger partial charge in [-0.15, -0.1) is 0 Å². The molecule has 4 rings (SSSR count). The first-order valence-corrected chi connectivity index (χ1v) is 7.72. The van der Waals surface area contributed by atoms with Crippen LogP contribution in [0.4, 0.5) is 0 Å². The number of nitrogens with one attached hydrogen (secondary N) is 1. The van der Waals surface area contributed by atoms with Crippen molar-refractivity contribution in [3.63, 3.8) is 0 Å². The highest BCUT2D eigenvalue weighted by molar-refractivity contribution is 5.93. The molecule has 0 unspecified atom stereocenters. The second-order valence-corrected chi connectivity index (χ2v) is 5.66. The summed E-state index contributed by atoms with van der Waals surface area (Å²) in [5.41, 5.74) is 1.74. The van der Waals surface area contributed by atoms with E-state index >= 15 is 0 Å². The SMILES string of the molecule is Cc1cc(-c2noc(CNC(=O)c3noc4c3CCCC4)n2)no1. The second-order valence-electron chi connectivity index (χ2n) is 5.66. The van der Waals surface area contributed by atoms with E-state index in [1.54, 1.807) is 13.0 Å². The molecule has 0 fully saturated rings. The van der Waals surface area contributed by atoms with Gasteiger partial charge in [0.2, 0.25) is 11.7 Å². The molecule has 3 aromatic heterocycles. The third-order valence-corrected chi connectivity index (χ3v) is 3.89. The van der Waals surface area contributed by atoms with Gasteiger partial charge in [-0.05, 0) is 26.2 Å². The van der Waals surface area contributed by atoms with Gasteiger partial charge in [-0.25, -0.2) is 0 Å². The van der Waals surface area contributed by atoms with Gasteiger partial charge in [0, 0.05) is 18.1 Å². The first-order chi connectivity index (χ1) is 11.7. The predicted molar refractivity (Wildman–Crippen MR) is 78.8 cm³/mol. The summed E-state index contributed by atoms with van der Waals surface area (Å²) in [4.78, 5) is 16.5. The maximum absolute atomic E-state index is 12.3. The number of hydrogen-bond acceptors (Lipinski definition) is 8. The van der Waals surface area contributed by atoms with Crippen LogP contribution in [0.15, 0.2) is 19.6 Å². The Labute approximate surface area is 136 Å². The van der Waals surface area contributed by atoms with E-state index < -0.39 is 0 Å². The van der Waals surface area contributed by atoms with Crippen LogP contribution in [0.25, 0.3) is 11.5 Å². The average molecular weight is 329 g/mol. The lowest BCUT2D eigenvalue weighted by Crippen LogP contribution is -2.24. The molecule has 1 aliphatic carbocycles. The lowest BCUT2D eigenvalue weighted by molar-refractivity contribution is 0.0936. The normalized spacial score (nSPS) is 13.7. The first kappa shape index (κ1) is 14.6. The number of fused-ring (bicyclic) bond motifs is 1. The minimum atomic E-state index is -0.307. The quantitative estimate of drug-likeness (QED) is 0.769. The van der Waals surface area contributed by atoms with Crippen LogP contribution in [-0.4, -0.2) is 26.4 Å². The van der Waals surface area contributed by atoms with Gasteiger partial charge in [0.25, 0.3) is 5.91 Å². The Balaban J connectivity index is 1.43. The topological polar surface area (TPSA) is 120 Å². The zero-order valence-electron chi connectivity index (χ0n) is 13.0. The first-order valence-electron chi connectivity index (χ1n) is 7.72. The molecule has 1 N–H and O–H groups in total.